The molecule has 4 heterocycles. The molecule has 2 aromatic heterocycles. The topological polar surface area (TPSA) is 89.5 Å². The van der Waals surface area contributed by atoms with Crippen LogP contribution in [0.25, 0.3) is 22.3 Å². The van der Waals surface area contributed by atoms with E-state index in [0.717, 1.165) is 48.0 Å². The number of nitrogens with zero attached hydrogens (tertiary/aromatic N) is 4. The quantitative estimate of drug-likeness (QED) is 0.621. The number of carbonyl (C=O) groups excluding carboxylic acids is 1. The smallest absolute Gasteiger partial charge is 0.251 e. The highest BCUT2D eigenvalue weighted by Crippen LogP contribution is 2.48. The fourth-order valence-electron chi connectivity index (χ4n) is 5.92. The van der Waals surface area contributed by atoms with E-state index < -0.39 is 0 Å². The summed E-state index contributed by atoms with van der Waals surface area (Å²) >= 11 is 0. The van der Waals surface area contributed by atoms with Crippen molar-refractivity contribution >= 4 is 22.9 Å². The zero-order valence-electron chi connectivity index (χ0n) is 20.2. The van der Waals surface area contributed by atoms with Crippen molar-refractivity contribution in [2.45, 2.75) is 31.7 Å². The highest BCUT2D eigenvalue weighted by molar-refractivity contribution is 5.95. The van der Waals surface area contributed by atoms with E-state index >= 15 is 0 Å². The molecular weight excluding hydrogens is 442 g/mol. The van der Waals surface area contributed by atoms with Gasteiger partial charge in [0.1, 0.15) is 0 Å². The van der Waals surface area contributed by atoms with Crippen LogP contribution in [0.1, 0.15) is 41.7 Å². The Balaban J connectivity index is 1.48. The van der Waals surface area contributed by atoms with Gasteiger partial charge in [-0.1, -0.05) is 12.1 Å². The Morgan fingerprint density at radius 2 is 1.86 bits per heavy atom. The number of pyridine rings is 1. The van der Waals surface area contributed by atoms with E-state index in [4.69, 9.17) is 24.4 Å². The highest BCUT2D eigenvalue weighted by atomic mass is 16.5. The normalized spacial score (nSPS) is 26.2. The van der Waals surface area contributed by atoms with Crippen LogP contribution in [0.4, 0.5) is 5.95 Å². The Hall–Kier alpha value is -3.10. The first-order valence-corrected chi connectivity index (χ1v) is 12.6. The molecule has 0 radical (unpaired) electrons. The molecule has 1 saturated carbocycles. The summed E-state index contributed by atoms with van der Waals surface area (Å²) in [7, 11) is 1.64. The molecular formula is C27H31N5O3. The maximum atomic E-state index is 12.2. The fourth-order valence-corrected chi connectivity index (χ4v) is 5.92. The van der Waals surface area contributed by atoms with Gasteiger partial charge in [0.05, 0.1) is 43.9 Å². The van der Waals surface area contributed by atoms with Gasteiger partial charge < -0.3 is 19.7 Å². The minimum absolute atomic E-state index is 0.115. The standard InChI is InChI=1S/C27H31N5O3/c1-16-13-34-11-10-32(16)27-30-24(23-19-6-7-20(23)15-35-14-19)21-8-9-22(29-25(21)31-27)17-4-3-5-18(12-17)26(33)28-2/h3-5,8-9,12,16,19-20,23H,6-7,10-11,13-15H2,1-2H3,(H,28,33)/t16-,19?,20?,23?/m0/s1. The lowest BCUT2D eigenvalue weighted by Gasteiger charge is -2.35. The lowest BCUT2D eigenvalue weighted by atomic mass is 9.84. The van der Waals surface area contributed by atoms with Gasteiger partial charge >= 0.3 is 0 Å². The van der Waals surface area contributed by atoms with E-state index in [1.165, 1.54) is 12.8 Å². The Labute approximate surface area is 205 Å². The number of carbonyl (C=O) groups is 1. The number of morpholine rings is 1. The second-order valence-corrected chi connectivity index (χ2v) is 9.91. The van der Waals surface area contributed by atoms with Gasteiger partial charge in [-0.3, -0.25) is 4.79 Å². The average molecular weight is 474 g/mol. The molecule has 8 heteroatoms. The monoisotopic (exact) mass is 473 g/mol. The predicted octanol–water partition coefficient (Wildman–Crippen LogP) is 3.42. The second-order valence-electron chi connectivity index (χ2n) is 9.91. The molecule has 3 fully saturated rings. The number of aromatic nitrogens is 3. The largest absolute Gasteiger partial charge is 0.381 e. The number of rotatable bonds is 4. The number of nitrogens with one attached hydrogen (secondary N) is 1. The van der Waals surface area contributed by atoms with E-state index in [2.05, 4.69) is 23.2 Å². The summed E-state index contributed by atoms with van der Waals surface area (Å²) in [5.74, 6) is 1.97. The Kier molecular flexibility index (Phi) is 5.86. The first kappa shape index (κ1) is 22.4. The third-order valence-electron chi connectivity index (χ3n) is 7.75. The van der Waals surface area contributed by atoms with E-state index in [1.807, 2.05) is 30.3 Å². The van der Waals surface area contributed by atoms with Gasteiger partial charge in [0, 0.05) is 36.0 Å². The van der Waals surface area contributed by atoms with Gasteiger partial charge in [-0.25, -0.2) is 9.97 Å². The molecule has 35 heavy (non-hydrogen) atoms. The molecule has 1 aromatic carbocycles. The number of ether oxygens (including phenoxy) is 2. The maximum absolute atomic E-state index is 12.2. The maximum Gasteiger partial charge on any atom is 0.251 e. The van der Waals surface area contributed by atoms with Crippen molar-refractivity contribution in [3.05, 3.63) is 47.7 Å². The summed E-state index contributed by atoms with van der Waals surface area (Å²) in [6.07, 6.45) is 2.36. The van der Waals surface area contributed by atoms with Crippen LogP contribution in [-0.2, 0) is 9.47 Å². The molecule has 182 valence electrons. The number of benzene rings is 1. The van der Waals surface area contributed by atoms with Gasteiger partial charge in [-0.15, -0.1) is 0 Å². The van der Waals surface area contributed by atoms with Crippen LogP contribution in [0.2, 0.25) is 0 Å². The van der Waals surface area contributed by atoms with Crippen molar-refractivity contribution in [1.29, 1.82) is 0 Å². The number of anilines is 1. The molecule has 6 rings (SSSR count). The highest BCUT2D eigenvalue weighted by Gasteiger charge is 2.42. The number of fused-ring (bicyclic) bond motifs is 3. The van der Waals surface area contributed by atoms with Gasteiger partial charge in [-0.05, 0) is 55.9 Å². The van der Waals surface area contributed by atoms with Crippen LogP contribution in [0, 0.1) is 11.8 Å². The van der Waals surface area contributed by atoms with Crippen molar-refractivity contribution < 1.29 is 14.3 Å². The third-order valence-corrected chi connectivity index (χ3v) is 7.75. The molecule has 2 aliphatic heterocycles. The van der Waals surface area contributed by atoms with E-state index in [-0.39, 0.29) is 11.9 Å². The van der Waals surface area contributed by atoms with Crippen LogP contribution < -0.4 is 10.2 Å². The minimum Gasteiger partial charge on any atom is -0.381 e. The Morgan fingerprint density at radius 1 is 1.03 bits per heavy atom. The lowest BCUT2D eigenvalue weighted by Crippen LogP contribution is -2.44. The molecule has 1 aliphatic carbocycles. The fraction of sp³-hybridized carbons (Fsp3) is 0.481. The SMILES string of the molecule is CNC(=O)c1cccc(-c2ccc3c(C4C5CCC4COC5)nc(N4CCOC[C@@H]4C)nc3n2)c1. The van der Waals surface area contributed by atoms with E-state index in [0.29, 0.717) is 42.2 Å². The summed E-state index contributed by atoms with van der Waals surface area (Å²) in [6.45, 7) is 5.85. The predicted molar refractivity (Wildman–Crippen MR) is 134 cm³/mol. The molecule has 2 bridgehead atoms. The molecule has 2 saturated heterocycles. The molecule has 3 aliphatic rings. The van der Waals surface area contributed by atoms with E-state index in [9.17, 15) is 4.79 Å². The van der Waals surface area contributed by atoms with Gasteiger partial charge in [0.15, 0.2) is 5.65 Å². The Morgan fingerprint density at radius 3 is 2.63 bits per heavy atom. The third kappa shape index (κ3) is 4.04. The van der Waals surface area contributed by atoms with Crippen LogP contribution in [0.3, 0.4) is 0 Å². The Bertz CT molecular complexity index is 1250. The van der Waals surface area contributed by atoms with Crippen LogP contribution in [0.15, 0.2) is 36.4 Å². The summed E-state index contributed by atoms with van der Waals surface area (Å²) in [4.78, 5) is 29.6. The molecule has 3 aromatic rings. The first-order valence-electron chi connectivity index (χ1n) is 12.6. The van der Waals surface area contributed by atoms with Crippen LogP contribution in [-0.4, -0.2) is 66.9 Å². The summed E-state index contributed by atoms with van der Waals surface area (Å²) < 4.78 is 11.5. The van der Waals surface area contributed by atoms with Gasteiger partial charge in [0.25, 0.3) is 5.91 Å². The van der Waals surface area contributed by atoms with E-state index in [1.54, 1.807) is 7.05 Å². The second kappa shape index (κ2) is 9.17. The van der Waals surface area contributed by atoms with Crippen molar-refractivity contribution in [3.63, 3.8) is 0 Å². The summed E-state index contributed by atoms with van der Waals surface area (Å²) in [6, 6.07) is 11.9. The number of amides is 1. The van der Waals surface area contributed by atoms with Crippen molar-refractivity contribution in [2.75, 3.05) is 44.9 Å². The van der Waals surface area contributed by atoms with Crippen molar-refractivity contribution in [1.82, 2.24) is 20.3 Å². The summed E-state index contributed by atoms with van der Waals surface area (Å²) in [5, 5.41) is 3.71. The molecule has 0 spiro atoms. The zero-order chi connectivity index (χ0) is 23.9. The van der Waals surface area contributed by atoms with Crippen LogP contribution in [0.5, 0.6) is 0 Å². The van der Waals surface area contributed by atoms with Crippen molar-refractivity contribution in [3.8, 4) is 11.3 Å². The zero-order valence-corrected chi connectivity index (χ0v) is 20.2. The van der Waals surface area contributed by atoms with Crippen molar-refractivity contribution in [2.24, 2.45) is 11.8 Å². The molecule has 1 amide bonds. The minimum atomic E-state index is -0.115. The lowest BCUT2D eigenvalue weighted by molar-refractivity contribution is 0.0315. The van der Waals surface area contributed by atoms with Crippen LogP contribution >= 0.6 is 0 Å². The summed E-state index contributed by atoms with van der Waals surface area (Å²) in [5.41, 5.74) is 4.11. The first-order chi connectivity index (χ1) is 17.1. The molecule has 8 nitrogen and oxygen atoms in total. The average Bonchev–Trinajstić information content (AvgIpc) is 3.14. The van der Waals surface area contributed by atoms with Gasteiger partial charge in [-0.2, -0.15) is 4.98 Å². The molecule has 2 unspecified atom stereocenters. The number of hydrogen-bond acceptors (Lipinski definition) is 7. The molecule has 3 atom stereocenters. The molecule has 1 N–H and O–H groups in total. The van der Waals surface area contributed by atoms with Gasteiger partial charge in [0.2, 0.25) is 5.95 Å². The number of hydrogen-bond donors (Lipinski definition) is 1.